The van der Waals surface area contributed by atoms with E-state index in [1.54, 1.807) is 0 Å². The van der Waals surface area contributed by atoms with Gasteiger partial charge in [0.15, 0.2) is 0 Å². The third-order valence-electron chi connectivity index (χ3n) is 4.26. The first-order valence-corrected chi connectivity index (χ1v) is 8.62. The molecule has 1 atom stereocenters. The second kappa shape index (κ2) is 9.61. The van der Waals surface area contributed by atoms with Gasteiger partial charge in [0.2, 0.25) is 11.0 Å². The van der Waals surface area contributed by atoms with E-state index < -0.39 is 0 Å². The van der Waals surface area contributed by atoms with Gasteiger partial charge in [-0.25, -0.2) is 4.98 Å². The van der Waals surface area contributed by atoms with E-state index in [1.165, 1.54) is 11.5 Å². The van der Waals surface area contributed by atoms with Crippen molar-refractivity contribution in [1.82, 2.24) is 19.6 Å². The molecule has 0 spiro atoms. The van der Waals surface area contributed by atoms with E-state index >= 15 is 0 Å². The summed E-state index contributed by atoms with van der Waals surface area (Å²) < 4.78 is 4.36. The number of halogens is 2. The zero-order valence-electron chi connectivity index (χ0n) is 13.4. The van der Waals surface area contributed by atoms with Gasteiger partial charge in [-0.2, -0.15) is 4.37 Å². The molecule has 0 saturated carbocycles. The number of anilines is 1. The lowest BCUT2D eigenvalue weighted by Gasteiger charge is -2.24. The van der Waals surface area contributed by atoms with E-state index in [-0.39, 0.29) is 30.7 Å². The number of rotatable bonds is 3. The standard InChI is InChI=1S/C14H23N5OS.2ClH/c1-2-12-16-14(21-17-12)19-7-3-6-18(8-9-19)13(20)11-4-5-15-10-11;;/h11,15H,2-10H2,1H3;2*1H. The number of hydrogen-bond acceptors (Lipinski definition) is 6. The Hall–Kier alpha value is -0.630. The number of aromatic nitrogens is 2. The Bertz CT molecular complexity index is 495. The van der Waals surface area contributed by atoms with E-state index in [9.17, 15) is 4.79 Å². The van der Waals surface area contributed by atoms with Crippen LogP contribution < -0.4 is 10.2 Å². The lowest BCUT2D eigenvalue weighted by Crippen LogP contribution is -2.39. The van der Waals surface area contributed by atoms with Crippen LogP contribution in [-0.2, 0) is 11.2 Å². The summed E-state index contributed by atoms with van der Waals surface area (Å²) in [6, 6.07) is 0. The molecule has 0 radical (unpaired) electrons. The predicted octanol–water partition coefficient (Wildman–Crippen LogP) is 1.59. The highest BCUT2D eigenvalue weighted by atomic mass is 35.5. The molecule has 1 aromatic heterocycles. The molecular weight excluding hydrogens is 357 g/mol. The molecule has 2 aliphatic heterocycles. The average molecular weight is 382 g/mol. The Labute approximate surface area is 154 Å². The SMILES string of the molecule is CCc1nsc(N2CCCN(C(=O)C3CCNC3)CC2)n1.Cl.Cl. The van der Waals surface area contributed by atoms with Crippen molar-refractivity contribution >= 4 is 47.4 Å². The van der Waals surface area contributed by atoms with Crippen LogP contribution in [0.2, 0.25) is 0 Å². The highest BCUT2D eigenvalue weighted by molar-refractivity contribution is 7.09. The number of aryl methyl sites for hydroxylation is 1. The smallest absolute Gasteiger partial charge is 0.227 e. The van der Waals surface area contributed by atoms with Crippen LogP contribution in [-0.4, -0.2) is 59.4 Å². The number of carbonyl (C=O) groups is 1. The van der Waals surface area contributed by atoms with Crippen molar-refractivity contribution < 1.29 is 4.79 Å². The van der Waals surface area contributed by atoms with Gasteiger partial charge in [-0.15, -0.1) is 24.8 Å². The quantitative estimate of drug-likeness (QED) is 0.861. The Kier molecular flexibility index (Phi) is 8.53. The molecular formula is C14H25Cl2N5OS. The summed E-state index contributed by atoms with van der Waals surface area (Å²) >= 11 is 1.48. The second-order valence-corrected chi connectivity index (χ2v) is 6.43. The first-order chi connectivity index (χ1) is 10.3. The fourth-order valence-corrected chi connectivity index (χ4v) is 3.77. The molecule has 9 heteroatoms. The van der Waals surface area contributed by atoms with Crippen molar-refractivity contribution in [3.8, 4) is 0 Å². The van der Waals surface area contributed by atoms with Crippen LogP contribution in [0.1, 0.15) is 25.6 Å². The van der Waals surface area contributed by atoms with Crippen LogP contribution >= 0.6 is 36.3 Å². The van der Waals surface area contributed by atoms with Crippen LogP contribution in [0.3, 0.4) is 0 Å². The van der Waals surface area contributed by atoms with Gasteiger partial charge < -0.3 is 15.1 Å². The molecule has 1 amide bonds. The summed E-state index contributed by atoms with van der Waals surface area (Å²) in [6.45, 7) is 7.39. The largest absolute Gasteiger partial charge is 0.345 e. The highest BCUT2D eigenvalue weighted by Gasteiger charge is 2.28. The molecule has 0 bridgehead atoms. The van der Waals surface area contributed by atoms with Crippen molar-refractivity contribution in [2.24, 2.45) is 5.92 Å². The van der Waals surface area contributed by atoms with Gasteiger partial charge in [0.05, 0.1) is 5.92 Å². The summed E-state index contributed by atoms with van der Waals surface area (Å²) in [4.78, 5) is 21.4. The fourth-order valence-electron chi connectivity index (χ4n) is 2.97. The lowest BCUT2D eigenvalue weighted by atomic mass is 10.1. The Morgan fingerprint density at radius 1 is 1.30 bits per heavy atom. The van der Waals surface area contributed by atoms with Gasteiger partial charge in [-0.1, -0.05) is 6.92 Å². The summed E-state index contributed by atoms with van der Waals surface area (Å²) in [7, 11) is 0. The van der Waals surface area contributed by atoms with E-state index in [1.807, 2.05) is 4.90 Å². The molecule has 0 aromatic carbocycles. The van der Waals surface area contributed by atoms with Crippen molar-refractivity contribution in [3.05, 3.63) is 5.82 Å². The molecule has 2 aliphatic rings. The first kappa shape index (κ1) is 20.4. The Morgan fingerprint density at radius 3 is 2.78 bits per heavy atom. The normalized spacial score (nSPS) is 21.3. The zero-order valence-corrected chi connectivity index (χ0v) is 15.8. The Balaban J connectivity index is 0.00000132. The van der Waals surface area contributed by atoms with Gasteiger partial charge in [-0.3, -0.25) is 4.79 Å². The highest BCUT2D eigenvalue weighted by Crippen LogP contribution is 2.20. The predicted molar refractivity (Wildman–Crippen MR) is 98.2 cm³/mol. The average Bonchev–Trinajstić information content (AvgIpc) is 3.14. The number of nitrogens with zero attached hydrogens (tertiary/aromatic N) is 4. The molecule has 3 heterocycles. The van der Waals surface area contributed by atoms with E-state index in [0.717, 1.165) is 69.5 Å². The van der Waals surface area contributed by atoms with Crippen LogP contribution in [0.4, 0.5) is 5.13 Å². The summed E-state index contributed by atoms with van der Waals surface area (Å²) in [5.41, 5.74) is 0. The number of amides is 1. The minimum Gasteiger partial charge on any atom is -0.345 e. The van der Waals surface area contributed by atoms with Crippen LogP contribution in [0.15, 0.2) is 0 Å². The summed E-state index contributed by atoms with van der Waals surface area (Å²) in [6.07, 6.45) is 2.87. The van der Waals surface area contributed by atoms with Crippen molar-refractivity contribution in [1.29, 1.82) is 0 Å². The topological polar surface area (TPSA) is 61.4 Å². The molecule has 0 aliphatic carbocycles. The van der Waals surface area contributed by atoms with Crippen molar-refractivity contribution in [3.63, 3.8) is 0 Å². The number of carbonyl (C=O) groups excluding carboxylic acids is 1. The molecule has 23 heavy (non-hydrogen) atoms. The van der Waals surface area contributed by atoms with Crippen LogP contribution in [0.5, 0.6) is 0 Å². The lowest BCUT2D eigenvalue weighted by molar-refractivity contribution is -0.134. The molecule has 2 fully saturated rings. The number of hydrogen-bond donors (Lipinski definition) is 1. The van der Waals surface area contributed by atoms with Crippen molar-refractivity contribution in [2.45, 2.75) is 26.2 Å². The summed E-state index contributed by atoms with van der Waals surface area (Å²) in [5, 5.41) is 4.28. The minimum atomic E-state index is 0. The first-order valence-electron chi connectivity index (χ1n) is 7.85. The minimum absolute atomic E-state index is 0. The molecule has 2 saturated heterocycles. The number of nitrogens with one attached hydrogen (secondary N) is 1. The molecule has 3 rings (SSSR count). The van der Waals surface area contributed by atoms with Gasteiger partial charge in [0.25, 0.3) is 0 Å². The van der Waals surface area contributed by atoms with Gasteiger partial charge >= 0.3 is 0 Å². The van der Waals surface area contributed by atoms with E-state index in [4.69, 9.17) is 0 Å². The molecule has 1 aromatic rings. The van der Waals surface area contributed by atoms with Crippen molar-refractivity contribution in [2.75, 3.05) is 44.2 Å². The monoisotopic (exact) mass is 381 g/mol. The molecule has 1 N–H and O–H groups in total. The molecule has 1 unspecified atom stereocenters. The van der Waals surface area contributed by atoms with Gasteiger partial charge in [0, 0.05) is 50.7 Å². The second-order valence-electron chi connectivity index (χ2n) is 5.70. The summed E-state index contributed by atoms with van der Waals surface area (Å²) in [5.74, 6) is 1.43. The zero-order chi connectivity index (χ0) is 14.7. The Morgan fingerprint density at radius 2 is 2.13 bits per heavy atom. The molecule has 132 valence electrons. The third-order valence-corrected chi connectivity index (χ3v) is 5.08. The van der Waals surface area contributed by atoms with Crippen LogP contribution in [0, 0.1) is 5.92 Å². The van der Waals surface area contributed by atoms with Gasteiger partial charge in [0.1, 0.15) is 5.82 Å². The van der Waals surface area contributed by atoms with Crippen LogP contribution in [0.25, 0.3) is 0 Å². The van der Waals surface area contributed by atoms with E-state index in [0.29, 0.717) is 5.91 Å². The maximum Gasteiger partial charge on any atom is 0.227 e. The maximum absolute atomic E-state index is 12.5. The maximum atomic E-state index is 12.5. The fraction of sp³-hybridized carbons (Fsp3) is 0.786. The molecule has 6 nitrogen and oxygen atoms in total. The van der Waals surface area contributed by atoms with Gasteiger partial charge in [-0.05, 0) is 19.4 Å². The third kappa shape index (κ3) is 4.92. The van der Waals surface area contributed by atoms with E-state index in [2.05, 4.69) is 26.5 Å².